The minimum Gasteiger partial charge on any atom is -0.330 e. The van der Waals surface area contributed by atoms with Crippen LogP contribution in [0.1, 0.15) is 25.0 Å². The molecular weight excluding hydrogens is 269 g/mol. The predicted octanol–water partition coefficient (Wildman–Crippen LogP) is 2.95. The highest BCUT2D eigenvalue weighted by atomic mass is 35.5. The Morgan fingerprint density at radius 1 is 1.39 bits per heavy atom. The Labute approximate surface area is 118 Å². The van der Waals surface area contributed by atoms with Gasteiger partial charge in [0.15, 0.2) is 0 Å². The molecule has 1 atom stereocenters. The van der Waals surface area contributed by atoms with Gasteiger partial charge in [0.1, 0.15) is 5.15 Å². The first-order valence-electron chi connectivity index (χ1n) is 6.42. The lowest BCUT2D eigenvalue weighted by atomic mass is 9.95. The second-order valence-corrected chi connectivity index (χ2v) is 5.68. The molecule has 1 saturated heterocycles. The standard InChI is InChI=1S/C13H19Cl2N3/c14-11-3-4-13(15)17-12(11)9-18-7-1-2-10(8-18)5-6-16/h3-4,10H,1-2,5-9,16H2. The fourth-order valence-electron chi connectivity index (χ4n) is 2.55. The molecule has 1 unspecified atom stereocenters. The molecule has 100 valence electrons. The van der Waals surface area contributed by atoms with Crippen LogP contribution in [0.4, 0.5) is 0 Å². The zero-order chi connectivity index (χ0) is 13.0. The van der Waals surface area contributed by atoms with Crippen LogP contribution in [0.2, 0.25) is 10.2 Å². The van der Waals surface area contributed by atoms with Crippen molar-refractivity contribution in [1.82, 2.24) is 9.88 Å². The van der Waals surface area contributed by atoms with Crippen molar-refractivity contribution in [2.24, 2.45) is 11.7 Å². The van der Waals surface area contributed by atoms with Gasteiger partial charge in [0.2, 0.25) is 0 Å². The summed E-state index contributed by atoms with van der Waals surface area (Å²) in [7, 11) is 0. The van der Waals surface area contributed by atoms with E-state index in [9.17, 15) is 0 Å². The van der Waals surface area contributed by atoms with Crippen molar-refractivity contribution in [1.29, 1.82) is 0 Å². The largest absolute Gasteiger partial charge is 0.330 e. The fraction of sp³-hybridized carbons (Fsp3) is 0.615. The molecule has 2 N–H and O–H groups in total. The number of piperidine rings is 1. The van der Waals surface area contributed by atoms with Gasteiger partial charge >= 0.3 is 0 Å². The average Bonchev–Trinajstić information content (AvgIpc) is 2.35. The smallest absolute Gasteiger partial charge is 0.129 e. The molecule has 1 aromatic heterocycles. The van der Waals surface area contributed by atoms with Crippen molar-refractivity contribution in [2.75, 3.05) is 19.6 Å². The number of hydrogen-bond donors (Lipinski definition) is 1. The SMILES string of the molecule is NCCC1CCCN(Cc2nc(Cl)ccc2Cl)C1. The summed E-state index contributed by atoms with van der Waals surface area (Å²) in [5.41, 5.74) is 6.50. The summed E-state index contributed by atoms with van der Waals surface area (Å²) in [6.45, 7) is 3.74. The summed E-state index contributed by atoms with van der Waals surface area (Å²) in [5, 5.41) is 1.20. The third-order valence-corrected chi connectivity index (χ3v) is 3.99. The molecule has 1 aromatic rings. The molecule has 0 aromatic carbocycles. The monoisotopic (exact) mass is 287 g/mol. The molecule has 0 spiro atoms. The highest BCUT2D eigenvalue weighted by Crippen LogP contribution is 2.23. The zero-order valence-corrected chi connectivity index (χ0v) is 11.9. The maximum atomic E-state index is 6.15. The van der Waals surface area contributed by atoms with Crippen LogP contribution in [0.15, 0.2) is 12.1 Å². The number of halogens is 2. The molecular formula is C13H19Cl2N3. The number of likely N-dealkylation sites (tertiary alicyclic amines) is 1. The van der Waals surface area contributed by atoms with E-state index >= 15 is 0 Å². The maximum Gasteiger partial charge on any atom is 0.129 e. The maximum absolute atomic E-state index is 6.15. The van der Waals surface area contributed by atoms with Gasteiger partial charge in [-0.25, -0.2) is 4.98 Å². The average molecular weight is 288 g/mol. The molecule has 0 aliphatic carbocycles. The Bertz CT molecular complexity index is 396. The highest BCUT2D eigenvalue weighted by Gasteiger charge is 2.20. The van der Waals surface area contributed by atoms with E-state index in [1.165, 1.54) is 12.8 Å². The number of nitrogens with two attached hydrogens (primary N) is 1. The van der Waals surface area contributed by atoms with Crippen molar-refractivity contribution in [3.05, 3.63) is 28.0 Å². The van der Waals surface area contributed by atoms with Gasteiger partial charge in [0, 0.05) is 13.1 Å². The van der Waals surface area contributed by atoms with Gasteiger partial charge < -0.3 is 5.73 Å². The molecule has 2 rings (SSSR count). The molecule has 0 radical (unpaired) electrons. The number of nitrogens with zero attached hydrogens (tertiary/aromatic N) is 2. The summed E-state index contributed by atoms with van der Waals surface area (Å²) in [5.74, 6) is 0.710. The minimum absolute atomic E-state index is 0.505. The second-order valence-electron chi connectivity index (χ2n) is 4.88. The molecule has 0 amide bonds. The van der Waals surface area contributed by atoms with Crippen LogP contribution in [0.5, 0.6) is 0 Å². The first kappa shape index (κ1) is 14.1. The van der Waals surface area contributed by atoms with Crippen molar-refractivity contribution >= 4 is 23.2 Å². The van der Waals surface area contributed by atoms with Crippen LogP contribution in [0.25, 0.3) is 0 Å². The summed E-state index contributed by atoms with van der Waals surface area (Å²) in [6, 6.07) is 3.54. The van der Waals surface area contributed by atoms with Gasteiger partial charge in [-0.1, -0.05) is 23.2 Å². The van der Waals surface area contributed by atoms with Gasteiger partial charge in [-0.05, 0) is 50.4 Å². The lowest BCUT2D eigenvalue weighted by Crippen LogP contribution is -2.36. The van der Waals surface area contributed by atoms with E-state index in [0.717, 1.165) is 38.3 Å². The Kier molecular flexibility index (Phi) is 5.25. The molecule has 0 saturated carbocycles. The van der Waals surface area contributed by atoms with Crippen molar-refractivity contribution in [3.63, 3.8) is 0 Å². The summed E-state index contributed by atoms with van der Waals surface area (Å²) in [4.78, 5) is 6.70. The molecule has 1 fully saturated rings. The van der Waals surface area contributed by atoms with E-state index in [1.54, 1.807) is 6.07 Å². The zero-order valence-electron chi connectivity index (χ0n) is 10.4. The van der Waals surface area contributed by atoms with Crippen LogP contribution in [0, 0.1) is 5.92 Å². The Morgan fingerprint density at radius 2 is 2.22 bits per heavy atom. The van der Waals surface area contributed by atoms with Gasteiger partial charge in [-0.2, -0.15) is 0 Å². The van der Waals surface area contributed by atoms with E-state index in [0.29, 0.717) is 16.1 Å². The molecule has 3 nitrogen and oxygen atoms in total. The molecule has 18 heavy (non-hydrogen) atoms. The number of hydrogen-bond acceptors (Lipinski definition) is 3. The highest BCUT2D eigenvalue weighted by molar-refractivity contribution is 6.32. The first-order valence-corrected chi connectivity index (χ1v) is 7.18. The lowest BCUT2D eigenvalue weighted by molar-refractivity contribution is 0.161. The Hall–Kier alpha value is -0.350. The summed E-state index contributed by atoms with van der Waals surface area (Å²) in [6.07, 6.45) is 3.61. The van der Waals surface area contributed by atoms with Crippen molar-refractivity contribution in [2.45, 2.75) is 25.8 Å². The quantitative estimate of drug-likeness (QED) is 0.866. The normalized spacial score (nSPS) is 21.2. The van der Waals surface area contributed by atoms with E-state index in [1.807, 2.05) is 6.07 Å². The molecule has 1 aliphatic heterocycles. The van der Waals surface area contributed by atoms with Gasteiger partial charge in [-0.3, -0.25) is 4.90 Å². The summed E-state index contributed by atoms with van der Waals surface area (Å²) < 4.78 is 0. The van der Waals surface area contributed by atoms with E-state index in [-0.39, 0.29) is 0 Å². The molecule has 2 heterocycles. The number of rotatable bonds is 4. The van der Waals surface area contributed by atoms with Gasteiger partial charge in [0.05, 0.1) is 10.7 Å². The lowest BCUT2D eigenvalue weighted by Gasteiger charge is -2.32. The number of aromatic nitrogens is 1. The molecule has 0 bridgehead atoms. The van der Waals surface area contributed by atoms with Crippen LogP contribution >= 0.6 is 23.2 Å². The second kappa shape index (κ2) is 6.71. The first-order chi connectivity index (χ1) is 8.69. The summed E-state index contributed by atoms with van der Waals surface area (Å²) >= 11 is 12.1. The van der Waals surface area contributed by atoms with E-state index in [4.69, 9.17) is 28.9 Å². The van der Waals surface area contributed by atoms with Gasteiger partial charge in [0.25, 0.3) is 0 Å². The van der Waals surface area contributed by atoms with Crippen LogP contribution < -0.4 is 5.73 Å². The van der Waals surface area contributed by atoms with Crippen molar-refractivity contribution < 1.29 is 0 Å². The Morgan fingerprint density at radius 3 is 3.00 bits per heavy atom. The van der Waals surface area contributed by atoms with Crippen LogP contribution in [-0.4, -0.2) is 29.5 Å². The Balaban J connectivity index is 1.98. The minimum atomic E-state index is 0.505. The van der Waals surface area contributed by atoms with E-state index in [2.05, 4.69) is 9.88 Å². The predicted molar refractivity (Wildman–Crippen MR) is 75.9 cm³/mol. The van der Waals surface area contributed by atoms with Crippen LogP contribution in [-0.2, 0) is 6.54 Å². The van der Waals surface area contributed by atoms with Gasteiger partial charge in [-0.15, -0.1) is 0 Å². The van der Waals surface area contributed by atoms with E-state index < -0.39 is 0 Å². The van der Waals surface area contributed by atoms with Crippen LogP contribution in [0.3, 0.4) is 0 Å². The third-order valence-electron chi connectivity index (χ3n) is 3.44. The number of pyridine rings is 1. The third kappa shape index (κ3) is 3.82. The molecule has 5 heteroatoms. The molecule has 1 aliphatic rings. The van der Waals surface area contributed by atoms with Crippen molar-refractivity contribution in [3.8, 4) is 0 Å². The fourth-order valence-corrected chi connectivity index (χ4v) is 2.88. The topological polar surface area (TPSA) is 42.1 Å².